The number of hydrogen-bond acceptors (Lipinski definition) is 1. The van der Waals surface area contributed by atoms with Crippen LogP contribution >= 0.6 is 11.6 Å². The summed E-state index contributed by atoms with van der Waals surface area (Å²) in [7, 11) is 0. The molecular formula is C18H28ClN. The Kier molecular flexibility index (Phi) is 6.38. The van der Waals surface area contributed by atoms with Crippen molar-refractivity contribution in [3.63, 3.8) is 0 Å². The highest BCUT2D eigenvalue weighted by molar-refractivity contribution is 6.18. The summed E-state index contributed by atoms with van der Waals surface area (Å²) >= 11 is 6.25. The lowest BCUT2D eigenvalue weighted by Gasteiger charge is -2.39. The Hall–Kier alpha value is -0.530. The Balaban J connectivity index is 1.66. The summed E-state index contributed by atoms with van der Waals surface area (Å²) in [6.07, 6.45) is 8.87. The van der Waals surface area contributed by atoms with Crippen molar-refractivity contribution in [2.24, 2.45) is 5.92 Å². The van der Waals surface area contributed by atoms with Crippen molar-refractivity contribution in [1.82, 2.24) is 5.32 Å². The molecule has 1 N–H and O–H groups in total. The molecule has 0 saturated heterocycles. The Bertz CT molecular complexity index is 378. The molecule has 0 aliphatic heterocycles. The quantitative estimate of drug-likeness (QED) is 0.563. The van der Waals surface area contributed by atoms with Gasteiger partial charge in [-0.15, -0.1) is 11.6 Å². The van der Waals surface area contributed by atoms with E-state index >= 15 is 0 Å². The van der Waals surface area contributed by atoms with Crippen molar-refractivity contribution < 1.29 is 0 Å². The second kappa shape index (κ2) is 8.05. The minimum atomic E-state index is 0.214. The van der Waals surface area contributed by atoms with Gasteiger partial charge in [-0.05, 0) is 50.1 Å². The average molecular weight is 294 g/mol. The molecular weight excluding hydrogens is 266 g/mol. The topological polar surface area (TPSA) is 12.0 Å². The van der Waals surface area contributed by atoms with Crippen molar-refractivity contribution in [2.75, 3.05) is 12.4 Å². The summed E-state index contributed by atoms with van der Waals surface area (Å²) in [4.78, 5) is 0. The van der Waals surface area contributed by atoms with E-state index in [0.717, 1.165) is 18.3 Å². The van der Waals surface area contributed by atoms with E-state index in [4.69, 9.17) is 11.6 Å². The normalized spacial score (nSPS) is 26.6. The molecule has 2 heteroatoms. The number of rotatable bonds is 7. The molecule has 2 atom stereocenters. The fraction of sp³-hybridized carbons (Fsp3) is 0.667. The van der Waals surface area contributed by atoms with E-state index in [1.54, 1.807) is 0 Å². The van der Waals surface area contributed by atoms with Crippen LogP contribution in [0.25, 0.3) is 0 Å². The molecule has 0 heterocycles. The standard InChI is InChI=1S/C18H28ClN/c1-16-8-7-12-18(14-16,15-19)20-13-6-5-11-17-9-3-2-4-10-17/h2-4,9-10,16,20H,5-8,11-15H2,1H3. The fourth-order valence-corrected chi connectivity index (χ4v) is 3.78. The predicted octanol–water partition coefficient (Wildman–Crippen LogP) is 4.79. The first-order valence-corrected chi connectivity index (χ1v) is 8.62. The van der Waals surface area contributed by atoms with Gasteiger partial charge in [-0.2, -0.15) is 0 Å². The fourth-order valence-electron chi connectivity index (χ4n) is 3.44. The number of aryl methyl sites for hydroxylation is 1. The number of alkyl halides is 1. The molecule has 1 saturated carbocycles. The molecule has 0 bridgehead atoms. The molecule has 20 heavy (non-hydrogen) atoms. The highest BCUT2D eigenvalue weighted by atomic mass is 35.5. The van der Waals surface area contributed by atoms with Gasteiger partial charge < -0.3 is 5.32 Å². The Morgan fingerprint density at radius 1 is 1.25 bits per heavy atom. The van der Waals surface area contributed by atoms with Crippen LogP contribution in [0, 0.1) is 5.92 Å². The molecule has 1 aromatic rings. The molecule has 0 spiro atoms. The summed E-state index contributed by atoms with van der Waals surface area (Å²) in [6.45, 7) is 3.46. The first-order valence-electron chi connectivity index (χ1n) is 8.09. The number of hydrogen-bond donors (Lipinski definition) is 1. The molecule has 112 valence electrons. The minimum absolute atomic E-state index is 0.214. The molecule has 1 aliphatic carbocycles. The average Bonchev–Trinajstić information content (AvgIpc) is 2.48. The second-order valence-corrected chi connectivity index (χ2v) is 6.75. The van der Waals surface area contributed by atoms with E-state index < -0.39 is 0 Å². The van der Waals surface area contributed by atoms with Gasteiger partial charge in [0.05, 0.1) is 0 Å². The Morgan fingerprint density at radius 3 is 2.75 bits per heavy atom. The molecule has 1 aromatic carbocycles. The van der Waals surface area contributed by atoms with Gasteiger partial charge in [-0.3, -0.25) is 0 Å². The van der Waals surface area contributed by atoms with Gasteiger partial charge in [-0.1, -0.05) is 50.1 Å². The number of nitrogens with one attached hydrogen (secondary N) is 1. The zero-order chi connectivity index (χ0) is 14.3. The van der Waals surface area contributed by atoms with Crippen LogP contribution in [0.15, 0.2) is 30.3 Å². The minimum Gasteiger partial charge on any atom is -0.310 e. The first-order chi connectivity index (χ1) is 9.74. The SMILES string of the molecule is CC1CCCC(CCl)(NCCCCc2ccccc2)C1. The zero-order valence-corrected chi connectivity index (χ0v) is 13.5. The largest absolute Gasteiger partial charge is 0.310 e. The molecule has 0 radical (unpaired) electrons. The van der Waals surface area contributed by atoms with E-state index in [1.807, 2.05) is 0 Å². The van der Waals surface area contributed by atoms with Crippen LogP contribution in [-0.4, -0.2) is 18.0 Å². The summed E-state index contributed by atoms with van der Waals surface area (Å²) in [5.41, 5.74) is 1.66. The second-order valence-electron chi connectivity index (χ2n) is 6.48. The summed E-state index contributed by atoms with van der Waals surface area (Å²) in [6, 6.07) is 10.8. The summed E-state index contributed by atoms with van der Waals surface area (Å²) in [5, 5.41) is 3.77. The Morgan fingerprint density at radius 2 is 2.05 bits per heavy atom. The van der Waals surface area contributed by atoms with Gasteiger partial charge in [0, 0.05) is 11.4 Å². The van der Waals surface area contributed by atoms with Crippen molar-refractivity contribution >= 4 is 11.6 Å². The van der Waals surface area contributed by atoms with Crippen LogP contribution in [0.4, 0.5) is 0 Å². The lowest BCUT2D eigenvalue weighted by atomic mass is 9.77. The van der Waals surface area contributed by atoms with Gasteiger partial charge in [0.15, 0.2) is 0 Å². The monoisotopic (exact) mass is 293 g/mol. The highest BCUT2D eigenvalue weighted by Crippen LogP contribution is 2.33. The molecule has 1 aliphatic rings. The lowest BCUT2D eigenvalue weighted by molar-refractivity contribution is 0.209. The predicted molar refractivity (Wildman–Crippen MR) is 88.5 cm³/mol. The Labute approximate surface area is 129 Å². The van der Waals surface area contributed by atoms with Gasteiger partial charge >= 0.3 is 0 Å². The maximum atomic E-state index is 6.25. The van der Waals surface area contributed by atoms with Crippen LogP contribution < -0.4 is 5.32 Å². The smallest absolute Gasteiger partial charge is 0.0406 e. The molecule has 1 fully saturated rings. The van der Waals surface area contributed by atoms with Crippen molar-refractivity contribution in [3.05, 3.63) is 35.9 Å². The maximum absolute atomic E-state index is 6.25. The zero-order valence-electron chi connectivity index (χ0n) is 12.7. The van der Waals surface area contributed by atoms with Gasteiger partial charge in [-0.25, -0.2) is 0 Å². The lowest BCUT2D eigenvalue weighted by Crippen LogP contribution is -2.50. The van der Waals surface area contributed by atoms with E-state index in [0.29, 0.717) is 0 Å². The molecule has 0 amide bonds. The van der Waals surface area contributed by atoms with Crippen molar-refractivity contribution in [1.29, 1.82) is 0 Å². The molecule has 2 unspecified atom stereocenters. The van der Waals surface area contributed by atoms with Crippen LogP contribution in [0.3, 0.4) is 0 Å². The first kappa shape index (κ1) is 15.9. The van der Waals surface area contributed by atoms with E-state index in [-0.39, 0.29) is 5.54 Å². The van der Waals surface area contributed by atoms with Crippen LogP contribution in [0.1, 0.15) is 51.0 Å². The number of halogens is 1. The molecule has 1 nitrogen and oxygen atoms in total. The highest BCUT2D eigenvalue weighted by Gasteiger charge is 2.33. The maximum Gasteiger partial charge on any atom is 0.0406 e. The van der Waals surface area contributed by atoms with Crippen LogP contribution in [-0.2, 0) is 6.42 Å². The summed E-state index contributed by atoms with van der Waals surface area (Å²) in [5.74, 6) is 1.58. The van der Waals surface area contributed by atoms with Crippen molar-refractivity contribution in [3.8, 4) is 0 Å². The van der Waals surface area contributed by atoms with Crippen LogP contribution in [0.5, 0.6) is 0 Å². The van der Waals surface area contributed by atoms with Gasteiger partial charge in [0.1, 0.15) is 0 Å². The third kappa shape index (κ3) is 4.79. The molecule has 2 rings (SSSR count). The van der Waals surface area contributed by atoms with E-state index in [1.165, 1.54) is 50.5 Å². The third-order valence-corrected chi connectivity index (χ3v) is 5.09. The third-order valence-electron chi connectivity index (χ3n) is 4.58. The number of unbranched alkanes of at least 4 members (excludes halogenated alkanes) is 1. The van der Waals surface area contributed by atoms with Crippen molar-refractivity contribution in [2.45, 2.75) is 57.4 Å². The summed E-state index contributed by atoms with van der Waals surface area (Å²) < 4.78 is 0. The molecule has 0 aromatic heterocycles. The van der Waals surface area contributed by atoms with E-state index in [2.05, 4.69) is 42.6 Å². The van der Waals surface area contributed by atoms with E-state index in [9.17, 15) is 0 Å². The van der Waals surface area contributed by atoms with Crippen LogP contribution in [0.2, 0.25) is 0 Å². The van der Waals surface area contributed by atoms with Gasteiger partial charge in [0.2, 0.25) is 0 Å². The van der Waals surface area contributed by atoms with Gasteiger partial charge in [0.25, 0.3) is 0 Å². The number of benzene rings is 1.